The van der Waals surface area contributed by atoms with Crippen LogP contribution in [0.2, 0.25) is 0 Å². The second-order valence-electron chi connectivity index (χ2n) is 6.15. The normalized spacial score (nSPS) is 16.9. The largest absolute Gasteiger partial charge is 0.398 e. The lowest BCUT2D eigenvalue weighted by Gasteiger charge is -2.30. The molecule has 7 nitrogen and oxygen atoms in total. The highest BCUT2D eigenvalue weighted by Gasteiger charge is 2.30. The van der Waals surface area contributed by atoms with E-state index < -0.39 is 31.0 Å². The molecule has 132 valence electrons. The minimum atomic E-state index is -1.62. The molecule has 0 fully saturated rings. The second-order valence-corrected chi connectivity index (χ2v) is 6.15. The van der Waals surface area contributed by atoms with Crippen LogP contribution in [0.1, 0.15) is 25.3 Å². The molecule has 0 saturated carbocycles. The van der Waals surface area contributed by atoms with Crippen molar-refractivity contribution >= 4 is 11.4 Å². The summed E-state index contributed by atoms with van der Waals surface area (Å²) in [5.74, 6) is 0.250. The van der Waals surface area contributed by atoms with Gasteiger partial charge in [-0.15, -0.1) is 0 Å². The van der Waals surface area contributed by atoms with Crippen LogP contribution in [-0.4, -0.2) is 70.1 Å². The Bertz CT molecular complexity index is 497. The summed E-state index contributed by atoms with van der Waals surface area (Å²) >= 11 is 0. The van der Waals surface area contributed by atoms with Gasteiger partial charge in [-0.2, -0.15) is 0 Å². The van der Waals surface area contributed by atoms with Crippen molar-refractivity contribution in [3.05, 3.63) is 23.8 Å². The predicted octanol–water partition coefficient (Wildman–Crippen LogP) is -0.736. The van der Waals surface area contributed by atoms with E-state index in [-0.39, 0.29) is 12.5 Å². The Morgan fingerprint density at radius 2 is 1.61 bits per heavy atom. The van der Waals surface area contributed by atoms with E-state index in [4.69, 9.17) is 10.8 Å². The summed E-state index contributed by atoms with van der Waals surface area (Å²) in [6.45, 7) is 3.40. The van der Waals surface area contributed by atoms with E-state index in [1.807, 2.05) is 19.9 Å². The number of hydrogen-bond acceptors (Lipinski definition) is 7. The average molecular weight is 328 g/mol. The SMILES string of the molecule is CC(C)c1cc(N(C)C[C@H](O)[C@@H](O)[C@H](O)[C@H](O)CO)ccc1N. The number of nitrogen functional groups attached to an aromatic ring is 1. The minimum absolute atomic E-state index is 0.0395. The van der Waals surface area contributed by atoms with Gasteiger partial charge in [0.05, 0.1) is 12.7 Å². The highest BCUT2D eigenvalue weighted by Crippen LogP contribution is 2.27. The van der Waals surface area contributed by atoms with Crippen LogP contribution in [0.25, 0.3) is 0 Å². The highest BCUT2D eigenvalue weighted by molar-refractivity contribution is 5.59. The molecule has 23 heavy (non-hydrogen) atoms. The Morgan fingerprint density at radius 1 is 1.04 bits per heavy atom. The van der Waals surface area contributed by atoms with Gasteiger partial charge in [-0.25, -0.2) is 0 Å². The lowest BCUT2D eigenvalue weighted by atomic mass is 10.00. The first-order chi connectivity index (χ1) is 10.7. The van der Waals surface area contributed by atoms with Crippen LogP contribution >= 0.6 is 0 Å². The van der Waals surface area contributed by atoms with Gasteiger partial charge in [-0.05, 0) is 29.7 Å². The van der Waals surface area contributed by atoms with Crippen molar-refractivity contribution in [1.82, 2.24) is 0 Å². The van der Waals surface area contributed by atoms with Crippen LogP contribution in [-0.2, 0) is 0 Å². The third-order valence-corrected chi connectivity index (χ3v) is 3.92. The molecule has 1 aromatic carbocycles. The van der Waals surface area contributed by atoms with E-state index in [9.17, 15) is 20.4 Å². The van der Waals surface area contributed by atoms with Gasteiger partial charge >= 0.3 is 0 Å². The number of nitrogens with two attached hydrogens (primary N) is 1. The molecule has 0 spiro atoms. The van der Waals surface area contributed by atoms with Gasteiger partial charge < -0.3 is 36.2 Å². The first-order valence-corrected chi connectivity index (χ1v) is 7.62. The van der Waals surface area contributed by atoms with Gasteiger partial charge in [-0.3, -0.25) is 0 Å². The summed E-state index contributed by atoms with van der Waals surface area (Å²) in [5.41, 5.74) is 8.43. The van der Waals surface area contributed by atoms with Gasteiger partial charge in [0, 0.05) is 25.0 Å². The van der Waals surface area contributed by atoms with Crippen LogP contribution in [0.15, 0.2) is 18.2 Å². The van der Waals surface area contributed by atoms with Gasteiger partial charge in [0.2, 0.25) is 0 Å². The molecule has 0 aliphatic carbocycles. The van der Waals surface area contributed by atoms with Gasteiger partial charge in [0.25, 0.3) is 0 Å². The fourth-order valence-corrected chi connectivity index (χ4v) is 2.36. The fraction of sp³-hybridized carbons (Fsp3) is 0.625. The van der Waals surface area contributed by atoms with Crippen molar-refractivity contribution < 1.29 is 25.5 Å². The number of hydrogen-bond donors (Lipinski definition) is 6. The fourth-order valence-electron chi connectivity index (χ4n) is 2.36. The lowest BCUT2D eigenvalue weighted by molar-refractivity contribution is -0.112. The van der Waals surface area contributed by atoms with Gasteiger partial charge in [0.1, 0.15) is 18.3 Å². The topological polar surface area (TPSA) is 130 Å². The molecule has 7 N–H and O–H groups in total. The van der Waals surface area contributed by atoms with Gasteiger partial charge in [0.15, 0.2) is 0 Å². The van der Waals surface area contributed by atoms with Crippen molar-refractivity contribution in [3.63, 3.8) is 0 Å². The van der Waals surface area contributed by atoms with E-state index in [0.29, 0.717) is 5.69 Å². The van der Waals surface area contributed by atoms with Crippen LogP contribution in [0.4, 0.5) is 11.4 Å². The number of rotatable bonds is 8. The molecule has 0 aromatic heterocycles. The molecule has 0 aliphatic rings. The van der Waals surface area contributed by atoms with Crippen LogP contribution in [0, 0.1) is 0 Å². The quantitative estimate of drug-likeness (QED) is 0.347. The molecule has 0 bridgehead atoms. The minimum Gasteiger partial charge on any atom is -0.398 e. The number of benzene rings is 1. The molecule has 0 aliphatic heterocycles. The van der Waals surface area contributed by atoms with Crippen molar-refractivity contribution in [2.24, 2.45) is 0 Å². The standard InChI is InChI=1S/C16H28N2O5/c1-9(2)11-6-10(4-5-12(11)17)18(3)7-13(20)15(22)16(23)14(21)8-19/h4-6,9,13-16,19-23H,7-8,17H2,1-3H3/t13-,14+,15+,16+/m0/s1. The maximum absolute atomic E-state index is 10.0. The molecule has 0 unspecified atom stereocenters. The van der Waals surface area contributed by atoms with Crippen molar-refractivity contribution in [1.29, 1.82) is 0 Å². The zero-order valence-corrected chi connectivity index (χ0v) is 13.8. The monoisotopic (exact) mass is 328 g/mol. The number of nitrogens with zero attached hydrogens (tertiary/aromatic N) is 1. The van der Waals surface area contributed by atoms with Crippen LogP contribution < -0.4 is 10.6 Å². The molecule has 0 radical (unpaired) electrons. The summed E-state index contributed by atoms with van der Waals surface area (Å²) in [4.78, 5) is 1.72. The summed E-state index contributed by atoms with van der Waals surface area (Å²) in [6.07, 6.45) is -6.00. The summed E-state index contributed by atoms with van der Waals surface area (Å²) in [5, 5.41) is 47.6. The third-order valence-electron chi connectivity index (χ3n) is 3.92. The lowest BCUT2D eigenvalue weighted by Crippen LogP contribution is -2.49. The Balaban J connectivity index is 2.79. The van der Waals surface area contributed by atoms with E-state index in [1.54, 1.807) is 24.1 Å². The first-order valence-electron chi connectivity index (χ1n) is 7.62. The third kappa shape index (κ3) is 5.05. The first kappa shape index (κ1) is 19.7. The average Bonchev–Trinajstić information content (AvgIpc) is 2.52. The molecule has 4 atom stereocenters. The van der Waals surface area contributed by atoms with Gasteiger partial charge in [-0.1, -0.05) is 13.8 Å². The molecule has 0 heterocycles. The molecular weight excluding hydrogens is 300 g/mol. The highest BCUT2D eigenvalue weighted by atomic mass is 16.4. The molecule has 1 rings (SSSR count). The summed E-state index contributed by atoms with van der Waals surface area (Å²) in [6, 6.07) is 5.51. The Labute approximate surface area is 136 Å². The van der Waals surface area contributed by atoms with E-state index in [1.165, 1.54) is 0 Å². The Morgan fingerprint density at radius 3 is 2.13 bits per heavy atom. The molecule has 0 amide bonds. The van der Waals surface area contributed by atoms with Crippen molar-refractivity contribution in [3.8, 4) is 0 Å². The zero-order valence-electron chi connectivity index (χ0n) is 13.8. The summed E-state index contributed by atoms with van der Waals surface area (Å²) in [7, 11) is 1.74. The number of aliphatic hydroxyl groups excluding tert-OH is 5. The zero-order chi connectivity index (χ0) is 17.7. The van der Waals surface area contributed by atoms with Crippen molar-refractivity contribution in [2.45, 2.75) is 44.2 Å². The second kappa shape index (κ2) is 8.47. The molecule has 0 saturated heterocycles. The van der Waals surface area contributed by atoms with E-state index >= 15 is 0 Å². The van der Waals surface area contributed by atoms with E-state index in [0.717, 1.165) is 11.3 Å². The molecule has 7 heteroatoms. The number of anilines is 2. The van der Waals surface area contributed by atoms with Crippen molar-refractivity contribution in [2.75, 3.05) is 30.8 Å². The molecular formula is C16H28N2O5. The number of aliphatic hydroxyl groups is 5. The summed E-state index contributed by atoms with van der Waals surface area (Å²) < 4.78 is 0. The maximum Gasteiger partial charge on any atom is 0.111 e. The molecule has 1 aromatic rings. The Kier molecular flexibility index (Phi) is 7.24. The van der Waals surface area contributed by atoms with Crippen LogP contribution in [0.3, 0.4) is 0 Å². The maximum atomic E-state index is 10.0. The number of likely N-dealkylation sites (N-methyl/N-ethyl adjacent to an activating group) is 1. The smallest absolute Gasteiger partial charge is 0.111 e. The van der Waals surface area contributed by atoms with Crippen LogP contribution in [0.5, 0.6) is 0 Å². The van der Waals surface area contributed by atoms with E-state index in [2.05, 4.69) is 0 Å². The Hall–Kier alpha value is -1.38. The predicted molar refractivity (Wildman–Crippen MR) is 89.3 cm³/mol.